The topological polar surface area (TPSA) is 73.6 Å². The molecule has 1 atom stereocenters. The molecule has 1 aromatic carbocycles. The molecular weight excluding hydrogens is 467 g/mol. The lowest BCUT2D eigenvalue weighted by atomic mass is 10.2. The molecule has 9 heteroatoms. The maximum atomic E-state index is 4.30. The van der Waals surface area contributed by atoms with Crippen LogP contribution < -0.4 is 15.5 Å². The Labute approximate surface area is 184 Å². The van der Waals surface area contributed by atoms with E-state index in [9.17, 15) is 0 Å². The van der Waals surface area contributed by atoms with Crippen LogP contribution in [0, 0.1) is 0 Å². The van der Waals surface area contributed by atoms with Crippen molar-refractivity contribution in [3.63, 3.8) is 0 Å². The lowest BCUT2D eigenvalue weighted by molar-refractivity contribution is 0.197. The van der Waals surface area contributed by atoms with E-state index in [4.69, 9.17) is 0 Å². The number of hydrogen-bond donors (Lipinski definition) is 2. The van der Waals surface area contributed by atoms with Gasteiger partial charge in [0, 0.05) is 58.5 Å². The van der Waals surface area contributed by atoms with Gasteiger partial charge in [-0.2, -0.15) is 5.10 Å². The number of aromatic nitrogens is 3. The molecule has 154 valence electrons. The summed E-state index contributed by atoms with van der Waals surface area (Å²) in [4.78, 5) is 13.5. The summed E-state index contributed by atoms with van der Waals surface area (Å²) < 4.78 is 1.76. The van der Waals surface area contributed by atoms with Crippen molar-refractivity contribution in [2.75, 3.05) is 44.7 Å². The summed E-state index contributed by atoms with van der Waals surface area (Å²) in [6.45, 7) is 7.98. The molecule has 1 fully saturated rings. The molecule has 1 unspecified atom stereocenters. The van der Waals surface area contributed by atoms with Gasteiger partial charge in [-0.1, -0.05) is 18.2 Å². The van der Waals surface area contributed by atoms with Crippen molar-refractivity contribution < 1.29 is 0 Å². The fourth-order valence-corrected chi connectivity index (χ4v) is 3.30. The minimum Gasteiger partial charge on any atom is -0.369 e. The van der Waals surface area contributed by atoms with E-state index in [1.54, 1.807) is 18.1 Å². The Morgan fingerprint density at radius 2 is 1.86 bits per heavy atom. The highest BCUT2D eigenvalue weighted by Gasteiger charge is 2.21. The molecule has 0 amide bonds. The highest BCUT2D eigenvalue weighted by Crippen LogP contribution is 2.16. The van der Waals surface area contributed by atoms with Gasteiger partial charge in [-0.05, 0) is 19.1 Å². The van der Waals surface area contributed by atoms with Crippen LogP contribution in [0.15, 0.2) is 41.7 Å². The summed E-state index contributed by atoms with van der Waals surface area (Å²) in [5, 5.41) is 10.8. The molecule has 0 radical (unpaired) electrons. The van der Waals surface area contributed by atoms with E-state index in [1.165, 1.54) is 5.69 Å². The van der Waals surface area contributed by atoms with Crippen molar-refractivity contribution in [1.82, 2.24) is 30.3 Å². The fourth-order valence-electron chi connectivity index (χ4n) is 3.30. The number of piperazine rings is 1. The number of anilines is 1. The van der Waals surface area contributed by atoms with Crippen LogP contribution in [0.1, 0.15) is 12.7 Å². The number of para-hydroxylation sites is 1. The van der Waals surface area contributed by atoms with Crippen LogP contribution in [0.3, 0.4) is 0 Å². The number of aliphatic imine (C=N–C) groups is 1. The summed E-state index contributed by atoms with van der Waals surface area (Å²) >= 11 is 0. The number of hydrogen-bond acceptors (Lipinski definition) is 5. The van der Waals surface area contributed by atoms with E-state index in [0.29, 0.717) is 12.6 Å². The van der Waals surface area contributed by atoms with Crippen molar-refractivity contribution in [3.8, 4) is 0 Å². The highest BCUT2D eigenvalue weighted by molar-refractivity contribution is 14.0. The minimum absolute atomic E-state index is 0. The Bertz CT molecular complexity index is 725. The van der Waals surface area contributed by atoms with Crippen molar-refractivity contribution >= 4 is 35.6 Å². The van der Waals surface area contributed by atoms with E-state index in [0.717, 1.165) is 44.5 Å². The van der Waals surface area contributed by atoms with Crippen LogP contribution >= 0.6 is 24.0 Å². The normalized spacial score (nSPS) is 16.4. The molecule has 1 aliphatic heterocycles. The highest BCUT2D eigenvalue weighted by atomic mass is 127. The first-order valence-electron chi connectivity index (χ1n) is 9.49. The summed E-state index contributed by atoms with van der Waals surface area (Å²) in [5.41, 5.74) is 1.32. The van der Waals surface area contributed by atoms with Crippen molar-refractivity contribution in [1.29, 1.82) is 0 Å². The predicted molar refractivity (Wildman–Crippen MR) is 124 cm³/mol. The number of aryl methyl sites for hydroxylation is 1. The fraction of sp³-hybridized carbons (Fsp3) is 0.526. The number of nitrogens with zero attached hydrogens (tertiary/aromatic N) is 6. The van der Waals surface area contributed by atoms with Crippen LogP contribution in [0.2, 0.25) is 0 Å². The third-order valence-corrected chi connectivity index (χ3v) is 5.07. The molecule has 1 aromatic heterocycles. The Hall–Kier alpha value is -1.88. The van der Waals surface area contributed by atoms with E-state index in [2.05, 4.69) is 72.8 Å². The average Bonchev–Trinajstić information content (AvgIpc) is 3.13. The Kier molecular flexibility index (Phi) is 8.97. The lowest BCUT2D eigenvalue weighted by Crippen LogP contribution is -2.53. The zero-order valence-corrected chi connectivity index (χ0v) is 19.2. The summed E-state index contributed by atoms with van der Waals surface area (Å²) in [6.07, 6.45) is 1.56. The molecule has 1 saturated heterocycles. The van der Waals surface area contributed by atoms with Crippen LogP contribution in [0.4, 0.5) is 5.69 Å². The zero-order chi connectivity index (χ0) is 19.1. The SMILES string of the molecule is CN=C(NCc1ncnn1C)NCC(C)N1CCN(c2ccccc2)CC1.I. The number of rotatable bonds is 6. The number of halogens is 1. The van der Waals surface area contributed by atoms with Gasteiger partial charge in [0.15, 0.2) is 5.96 Å². The van der Waals surface area contributed by atoms with Crippen molar-refractivity contribution in [3.05, 3.63) is 42.5 Å². The third kappa shape index (κ3) is 6.06. The largest absolute Gasteiger partial charge is 0.369 e. The van der Waals surface area contributed by atoms with E-state index in [-0.39, 0.29) is 24.0 Å². The zero-order valence-electron chi connectivity index (χ0n) is 16.9. The Morgan fingerprint density at radius 1 is 1.14 bits per heavy atom. The molecule has 3 rings (SSSR count). The number of nitrogens with one attached hydrogen (secondary N) is 2. The van der Waals surface area contributed by atoms with E-state index in [1.807, 2.05) is 7.05 Å². The van der Waals surface area contributed by atoms with E-state index >= 15 is 0 Å². The first-order chi connectivity index (χ1) is 13.2. The second-order valence-electron chi connectivity index (χ2n) is 6.81. The Balaban J connectivity index is 0.00000280. The van der Waals surface area contributed by atoms with Crippen molar-refractivity contribution in [2.45, 2.75) is 19.5 Å². The molecule has 2 aromatic rings. The molecule has 0 bridgehead atoms. The summed E-state index contributed by atoms with van der Waals surface area (Å²) in [7, 11) is 3.67. The first kappa shape index (κ1) is 22.4. The van der Waals surface area contributed by atoms with Gasteiger partial charge in [0.1, 0.15) is 12.2 Å². The first-order valence-corrected chi connectivity index (χ1v) is 9.49. The van der Waals surface area contributed by atoms with E-state index < -0.39 is 0 Å². The summed E-state index contributed by atoms with van der Waals surface area (Å²) in [5.74, 6) is 1.66. The van der Waals surface area contributed by atoms with Crippen LogP contribution in [0.25, 0.3) is 0 Å². The van der Waals surface area contributed by atoms with Crippen LogP contribution in [0.5, 0.6) is 0 Å². The molecule has 8 nitrogen and oxygen atoms in total. The summed E-state index contributed by atoms with van der Waals surface area (Å²) in [6, 6.07) is 11.1. The molecule has 1 aliphatic rings. The van der Waals surface area contributed by atoms with Gasteiger partial charge in [0.2, 0.25) is 0 Å². The second kappa shape index (κ2) is 11.2. The molecule has 0 aliphatic carbocycles. The van der Waals surface area contributed by atoms with Crippen LogP contribution in [-0.2, 0) is 13.6 Å². The average molecular weight is 498 g/mol. The molecule has 0 saturated carbocycles. The van der Waals surface area contributed by atoms with Gasteiger partial charge in [-0.25, -0.2) is 4.98 Å². The molecule has 28 heavy (non-hydrogen) atoms. The molecular formula is C19H31IN8. The van der Waals surface area contributed by atoms with Gasteiger partial charge in [0.05, 0.1) is 6.54 Å². The smallest absolute Gasteiger partial charge is 0.191 e. The van der Waals surface area contributed by atoms with Gasteiger partial charge in [-0.3, -0.25) is 14.6 Å². The predicted octanol–water partition coefficient (Wildman–Crippen LogP) is 1.31. The Morgan fingerprint density at radius 3 is 2.46 bits per heavy atom. The van der Waals surface area contributed by atoms with Crippen LogP contribution in [-0.4, -0.2) is 71.4 Å². The monoisotopic (exact) mass is 498 g/mol. The number of benzene rings is 1. The standard InChI is InChI=1S/C19H30N8.HI/c1-16(13-21-19(20-2)22-14-18-23-15-24-25(18)3)26-9-11-27(12-10-26)17-7-5-4-6-8-17;/h4-8,15-16H,9-14H2,1-3H3,(H2,20,21,22);1H. The molecule has 2 N–H and O–H groups in total. The van der Waals surface area contributed by atoms with Gasteiger partial charge in [-0.15, -0.1) is 24.0 Å². The van der Waals surface area contributed by atoms with Crippen molar-refractivity contribution in [2.24, 2.45) is 12.0 Å². The number of guanidine groups is 1. The molecule has 2 heterocycles. The van der Waals surface area contributed by atoms with Gasteiger partial charge >= 0.3 is 0 Å². The lowest BCUT2D eigenvalue weighted by Gasteiger charge is -2.39. The minimum atomic E-state index is 0. The molecule has 0 spiro atoms. The maximum absolute atomic E-state index is 4.30. The second-order valence-corrected chi connectivity index (χ2v) is 6.81. The maximum Gasteiger partial charge on any atom is 0.191 e. The van der Waals surface area contributed by atoms with Gasteiger partial charge < -0.3 is 15.5 Å². The quantitative estimate of drug-likeness (QED) is 0.356. The third-order valence-electron chi connectivity index (χ3n) is 5.07. The van der Waals surface area contributed by atoms with Gasteiger partial charge in [0.25, 0.3) is 0 Å².